The molecule has 1 aliphatic carbocycles. The lowest BCUT2D eigenvalue weighted by molar-refractivity contribution is -0.0401. The maximum Gasteiger partial charge on any atom is 0.0587 e. The van der Waals surface area contributed by atoms with Crippen molar-refractivity contribution in [2.24, 2.45) is 11.7 Å². The fourth-order valence-corrected chi connectivity index (χ4v) is 3.94. The molecular formula is C15H30N2O. The number of rotatable bonds is 5. The molecule has 2 N–H and O–H groups in total. The van der Waals surface area contributed by atoms with E-state index in [1.165, 1.54) is 38.6 Å². The topological polar surface area (TPSA) is 38.5 Å². The summed E-state index contributed by atoms with van der Waals surface area (Å²) in [4.78, 5) is 2.75. The van der Waals surface area contributed by atoms with Crippen LogP contribution in [0.15, 0.2) is 0 Å². The molecule has 2 aliphatic rings. The molecule has 1 saturated heterocycles. The van der Waals surface area contributed by atoms with Crippen LogP contribution in [-0.4, -0.2) is 42.8 Å². The predicted molar refractivity (Wildman–Crippen MR) is 75.6 cm³/mol. The van der Waals surface area contributed by atoms with Gasteiger partial charge in [-0.1, -0.05) is 20.3 Å². The van der Waals surface area contributed by atoms with Crippen LogP contribution in [0.4, 0.5) is 0 Å². The molecule has 0 amide bonds. The van der Waals surface area contributed by atoms with Crippen molar-refractivity contribution in [3.63, 3.8) is 0 Å². The highest BCUT2D eigenvalue weighted by Gasteiger charge is 2.35. The fourth-order valence-electron chi connectivity index (χ4n) is 3.94. The Morgan fingerprint density at radius 1 is 1.22 bits per heavy atom. The van der Waals surface area contributed by atoms with Gasteiger partial charge in [-0.25, -0.2) is 0 Å². The third-order valence-electron chi connectivity index (χ3n) is 4.98. The van der Waals surface area contributed by atoms with Crippen molar-refractivity contribution in [2.45, 2.75) is 70.6 Å². The Balaban J connectivity index is 1.98. The van der Waals surface area contributed by atoms with E-state index in [4.69, 9.17) is 10.5 Å². The summed E-state index contributed by atoms with van der Waals surface area (Å²) in [5.41, 5.74) is 5.95. The molecule has 0 radical (unpaired) electrons. The maximum absolute atomic E-state index is 5.95. The van der Waals surface area contributed by atoms with Gasteiger partial charge in [-0.3, -0.25) is 4.90 Å². The highest BCUT2D eigenvalue weighted by Crippen LogP contribution is 2.33. The second-order valence-corrected chi connectivity index (χ2v) is 5.90. The average molecular weight is 254 g/mol. The van der Waals surface area contributed by atoms with Crippen molar-refractivity contribution in [3.05, 3.63) is 0 Å². The molecule has 4 unspecified atom stereocenters. The van der Waals surface area contributed by atoms with Crippen LogP contribution in [0, 0.1) is 5.92 Å². The van der Waals surface area contributed by atoms with Crippen LogP contribution in [0.3, 0.4) is 0 Å². The molecule has 18 heavy (non-hydrogen) atoms. The molecule has 0 bridgehead atoms. The van der Waals surface area contributed by atoms with Gasteiger partial charge in [-0.15, -0.1) is 0 Å². The smallest absolute Gasteiger partial charge is 0.0587 e. The monoisotopic (exact) mass is 254 g/mol. The van der Waals surface area contributed by atoms with Gasteiger partial charge in [0.1, 0.15) is 0 Å². The fraction of sp³-hybridized carbons (Fsp3) is 1.00. The van der Waals surface area contributed by atoms with Gasteiger partial charge in [0, 0.05) is 18.7 Å². The molecule has 2 fully saturated rings. The standard InChI is InChI=1S/C15H30N2O/c1-3-14-10-13(8-9-18-14)17(4-2)15-7-5-6-12(15)11-16/h12-15H,3-11,16H2,1-2H3. The molecule has 1 heterocycles. The van der Waals surface area contributed by atoms with Crippen LogP contribution in [0.25, 0.3) is 0 Å². The molecule has 3 nitrogen and oxygen atoms in total. The van der Waals surface area contributed by atoms with Gasteiger partial charge in [0.05, 0.1) is 6.10 Å². The Kier molecular flexibility index (Phi) is 5.46. The number of hydrogen-bond acceptors (Lipinski definition) is 3. The Morgan fingerprint density at radius 2 is 2.06 bits per heavy atom. The number of ether oxygens (including phenoxy) is 1. The van der Waals surface area contributed by atoms with E-state index in [1.807, 2.05) is 0 Å². The predicted octanol–water partition coefficient (Wildman–Crippen LogP) is 2.39. The van der Waals surface area contributed by atoms with E-state index in [9.17, 15) is 0 Å². The molecule has 0 aromatic heterocycles. The van der Waals surface area contributed by atoms with Gasteiger partial charge >= 0.3 is 0 Å². The summed E-state index contributed by atoms with van der Waals surface area (Å²) in [7, 11) is 0. The van der Waals surface area contributed by atoms with E-state index in [2.05, 4.69) is 18.7 Å². The highest BCUT2D eigenvalue weighted by atomic mass is 16.5. The second-order valence-electron chi connectivity index (χ2n) is 5.90. The van der Waals surface area contributed by atoms with E-state index in [-0.39, 0.29) is 0 Å². The maximum atomic E-state index is 5.95. The lowest BCUT2D eigenvalue weighted by atomic mass is 9.95. The zero-order valence-electron chi connectivity index (χ0n) is 12.1. The average Bonchev–Trinajstić information content (AvgIpc) is 2.88. The molecule has 2 rings (SSSR count). The Bertz CT molecular complexity index is 247. The summed E-state index contributed by atoms with van der Waals surface area (Å²) in [6.07, 6.45) is 8.11. The van der Waals surface area contributed by atoms with Crippen molar-refractivity contribution >= 4 is 0 Å². The first-order chi connectivity index (χ1) is 8.80. The first-order valence-corrected chi connectivity index (χ1v) is 7.87. The van der Waals surface area contributed by atoms with Crippen LogP contribution in [0.2, 0.25) is 0 Å². The van der Waals surface area contributed by atoms with Crippen LogP contribution in [0.5, 0.6) is 0 Å². The van der Waals surface area contributed by atoms with Gasteiger partial charge in [-0.2, -0.15) is 0 Å². The molecular weight excluding hydrogens is 224 g/mol. The van der Waals surface area contributed by atoms with E-state index in [0.717, 1.165) is 37.6 Å². The van der Waals surface area contributed by atoms with Gasteiger partial charge < -0.3 is 10.5 Å². The van der Waals surface area contributed by atoms with Gasteiger partial charge in [0.2, 0.25) is 0 Å². The molecule has 106 valence electrons. The van der Waals surface area contributed by atoms with Crippen LogP contribution >= 0.6 is 0 Å². The molecule has 1 saturated carbocycles. The molecule has 0 aromatic rings. The lowest BCUT2D eigenvalue weighted by Crippen LogP contribution is -2.49. The largest absolute Gasteiger partial charge is 0.378 e. The van der Waals surface area contributed by atoms with E-state index in [1.54, 1.807) is 0 Å². The van der Waals surface area contributed by atoms with Crippen molar-refractivity contribution in [1.29, 1.82) is 0 Å². The summed E-state index contributed by atoms with van der Waals surface area (Å²) in [6, 6.07) is 1.46. The second kappa shape index (κ2) is 6.88. The molecule has 4 atom stereocenters. The number of nitrogens with two attached hydrogens (primary N) is 1. The molecule has 3 heteroatoms. The normalized spacial score (nSPS) is 37.3. The van der Waals surface area contributed by atoms with Crippen molar-refractivity contribution in [2.75, 3.05) is 19.7 Å². The molecule has 0 aromatic carbocycles. The quantitative estimate of drug-likeness (QED) is 0.819. The third kappa shape index (κ3) is 3.06. The van der Waals surface area contributed by atoms with Gasteiger partial charge in [0.25, 0.3) is 0 Å². The molecule has 1 aliphatic heterocycles. The summed E-state index contributed by atoms with van der Waals surface area (Å²) in [5.74, 6) is 0.730. The summed E-state index contributed by atoms with van der Waals surface area (Å²) in [6.45, 7) is 7.52. The third-order valence-corrected chi connectivity index (χ3v) is 4.98. The van der Waals surface area contributed by atoms with Gasteiger partial charge in [-0.05, 0) is 51.1 Å². The minimum absolute atomic E-state index is 0.482. The zero-order chi connectivity index (χ0) is 13.0. The molecule has 0 spiro atoms. The number of nitrogens with zero attached hydrogens (tertiary/aromatic N) is 1. The van der Waals surface area contributed by atoms with Crippen molar-refractivity contribution in [3.8, 4) is 0 Å². The number of hydrogen-bond donors (Lipinski definition) is 1. The van der Waals surface area contributed by atoms with E-state index >= 15 is 0 Å². The lowest BCUT2D eigenvalue weighted by Gasteiger charge is -2.42. The highest BCUT2D eigenvalue weighted by molar-refractivity contribution is 4.90. The Morgan fingerprint density at radius 3 is 2.72 bits per heavy atom. The van der Waals surface area contributed by atoms with Crippen LogP contribution < -0.4 is 5.73 Å². The van der Waals surface area contributed by atoms with Gasteiger partial charge in [0.15, 0.2) is 0 Å². The first-order valence-electron chi connectivity index (χ1n) is 7.87. The van der Waals surface area contributed by atoms with E-state index < -0.39 is 0 Å². The minimum Gasteiger partial charge on any atom is -0.378 e. The Labute approximate surface area is 112 Å². The summed E-state index contributed by atoms with van der Waals surface area (Å²) >= 11 is 0. The van der Waals surface area contributed by atoms with Crippen LogP contribution in [-0.2, 0) is 4.74 Å². The van der Waals surface area contributed by atoms with E-state index in [0.29, 0.717) is 6.10 Å². The van der Waals surface area contributed by atoms with Crippen molar-refractivity contribution < 1.29 is 4.74 Å². The zero-order valence-corrected chi connectivity index (χ0v) is 12.1. The van der Waals surface area contributed by atoms with Crippen molar-refractivity contribution in [1.82, 2.24) is 4.90 Å². The SMILES string of the molecule is CCC1CC(N(CC)C2CCCC2CN)CCO1. The summed E-state index contributed by atoms with van der Waals surface area (Å²) < 4.78 is 5.82. The summed E-state index contributed by atoms with van der Waals surface area (Å²) in [5, 5.41) is 0. The first kappa shape index (κ1) is 14.3. The van der Waals surface area contributed by atoms with Crippen LogP contribution in [0.1, 0.15) is 52.4 Å². The minimum atomic E-state index is 0.482. The Hall–Kier alpha value is -0.120.